The summed E-state index contributed by atoms with van der Waals surface area (Å²) in [5.74, 6) is 0. The molecular weight excluding hydrogens is 266 g/mol. The third kappa shape index (κ3) is 4.05. The number of rotatable bonds is 8. The van der Waals surface area contributed by atoms with Crippen molar-refractivity contribution < 1.29 is 9.47 Å². The van der Waals surface area contributed by atoms with Crippen LogP contribution in [0.15, 0.2) is 12.4 Å². The molecule has 0 amide bonds. The molecule has 1 aliphatic heterocycles. The van der Waals surface area contributed by atoms with Gasteiger partial charge in [0.2, 0.25) is 0 Å². The monoisotopic (exact) mass is 295 g/mol. The van der Waals surface area contributed by atoms with E-state index in [4.69, 9.17) is 9.47 Å². The van der Waals surface area contributed by atoms with E-state index in [2.05, 4.69) is 37.4 Å². The molecule has 1 aromatic heterocycles. The van der Waals surface area contributed by atoms with Crippen molar-refractivity contribution in [3.63, 3.8) is 0 Å². The molecule has 0 aliphatic carbocycles. The number of ether oxygens (including phenoxy) is 2. The van der Waals surface area contributed by atoms with Gasteiger partial charge in [-0.2, -0.15) is 5.10 Å². The molecule has 1 saturated heterocycles. The van der Waals surface area contributed by atoms with E-state index in [1.165, 1.54) is 5.56 Å². The third-order valence-corrected chi connectivity index (χ3v) is 4.31. The molecule has 21 heavy (non-hydrogen) atoms. The summed E-state index contributed by atoms with van der Waals surface area (Å²) < 4.78 is 13.7. The van der Waals surface area contributed by atoms with Gasteiger partial charge in [0.25, 0.3) is 0 Å². The summed E-state index contributed by atoms with van der Waals surface area (Å²) in [6.07, 6.45) is 6.99. The zero-order valence-electron chi connectivity index (χ0n) is 13.6. The molecule has 1 fully saturated rings. The van der Waals surface area contributed by atoms with E-state index in [9.17, 15) is 0 Å². The molecule has 0 aromatic carbocycles. The summed E-state index contributed by atoms with van der Waals surface area (Å²) in [7, 11) is 0. The van der Waals surface area contributed by atoms with Crippen LogP contribution in [0, 0.1) is 0 Å². The molecular formula is C16H29N3O2. The smallest absolute Gasteiger partial charge is 0.0881 e. The zero-order chi connectivity index (χ0) is 15.1. The molecule has 2 heterocycles. The van der Waals surface area contributed by atoms with Crippen LogP contribution in [-0.4, -0.2) is 47.8 Å². The second kappa shape index (κ2) is 7.92. The molecule has 120 valence electrons. The summed E-state index contributed by atoms with van der Waals surface area (Å²) in [5.41, 5.74) is 1.16. The Balaban J connectivity index is 2.14. The SMILES string of the molecule is CCNC(Cc1cnn(CC)c1)C1(OCC)CCOCC1. The summed E-state index contributed by atoms with van der Waals surface area (Å²) in [4.78, 5) is 0. The van der Waals surface area contributed by atoms with Gasteiger partial charge in [-0.3, -0.25) is 4.68 Å². The van der Waals surface area contributed by atoms with E-state index in [1.54, 1.807) is 0 Å². The molecule has 5 nitrogen and oxygen atoms in total. The van der Waals surface area contributed by atoms with Gasteiger partial charge >= 0.3 is 0 Å². The topological polar surface area (TPSA) is 48.3 Å². The highest BCUT2D eigenvalue weighted by molar-refractivity contribution is 5.10. The first-order valence-electron chi connectivity index (χ1n) is 8.20. The normalized spacial score (nSPS) is 19.6. The summed E-state index contributed by atoms with van der Waals surface area (Å²) in [6, 6.07) is 0.306. The highest BCUT2D eigenvalue weighted by atomic mass is 16.5. The molecule has 1 atom stereocenters. The summed E-state index contributed by atoms with van der Waals surface area (Å²) in [5, 5.41) is 8.02. The number of hydrogen-bond acceptors (Lipinski definition) is 4. The maximum absolute atomic E-state index is 6.22. The Morgan fingerprint density at radius 2 is 2.14 bits per heavy atom. The van der Waals surface area contributed by atoms with Gasteiger partial charge in [-0.15, -0.1) is 0 Å². The van der Waals surface area contributed by atoms with Crippen LogP contribution < -0.4 is 5.32 Å². The molecule has 1 aromatic rings. The molecule has 1 aliphatic rings. The van der Waals surface area contributed by atoms with Gasteiger partial charge in [0.05, 0.1) is 11.8 Å². The lowest BCUT2D eigenvalue weighted by Gasteiger charge is -2.43. The Bertz CT molecular complexity index is 408. The van der Waals surface area contributed by atoms with Crippen LogP contribution in [0.25, 0.3) is 0 Å². The lowest BCUT2D eigenvalue weighted by molar-refractivity contribution is -0.126. The predicted octanol–water partition coefficient (Wildman–Crippen LogP) is 2.01. The largest absolute Gasteiger partial charge is 0.381 e. The first-order chi connectivity index (χ1) is 10.2. The number of nitrogens with zero attached hydrogens (tertiary/aromatic N) is 2. The van der Waals surface area contributed by atoms with E-state index < -0.39 is 0 Å². The molecule has 0 spiro atoms. The fraction of sp³-hybridized carbons (Fsp3) is 0.812. The average molecular weight is 295 g/mol. The number of aryl methyl sites for hydroxylation is 1. The standard InChI is InChI=1S/C16H29N3O2/c1-4-17-15(11-14-12-18-19(5-2)13-14)16(21-6-3)7-9-20-10-8-16/h12-13,15,17H,4-11H2,1-3H3. The van der Waals surface area contributed by atoms with E-state index in [0.29, 0.717) is 6.04 Å². The van der Waals surface area contributed by atoms with Gasteiger partial charge in [0, 0.05) is 51.4 Å². The second-order valence-electron chi connectivity index (χ2n) is 5.63. The summed E-state index contributed by atoms with van der Waals surface area (Å²) >= 11 is 0. The van der Waals surface area contributed by atoms with Crippen molar-refractivity contribution in [1.82, 2.24) is 15.1 Å². The van der Waals surface area contributed by atoms with Crippen molar-refractivity contribution >= 4 is 0 Å². The van der Waals surface area contributed by atoms with E-state index >= 15 is 0 Å². The van der Waals surface area contributed by atoms with E-state index in [-0.39, 0.29) is 5.60 Å². The number of hydrogen-bond donors (Lipinski definition) is 1. The molecule has 5 heteroatoms. The molecule has 0 saturated carbocycles. The Hall–Kier alpha value is -0.910. The Morgan fingerprint density at radius 1 is 1.38 bits per heavy atom. The molecule has 1 N–H and O–H groups in total. The summed E-state index contributed by atoms with van der Waals surface area (Å²) in [6.45, 7) is 10.5. The quantitative estimate of drug-likeness (QED) is 0.797. The number of likely N-dealkylation sites (N-methyl/N-ethyl adjacent to an activating group) is 1. The van der Waals surface area contributed by atoms with Crippen molar-refractivity contribution in [1.29, 1.82) is 0 Å². The van der Waals surface area contributed by atoms with Gasteiger partial charge in [-0.1, -0.05) is 6.92 Å². The van der Waals surface area contributed by atoms with E-state index in [0.717, 1.165) is 52.2 Å². The predicted molar refractivity (Wildman–Crippen MR) is 83.5 cm³/mol. The van der Waals surface area contributed by atoms with Gasteiger partial charge in [-0.05, 0) is 32.4 Å². The first-order valence-corrected chi connectivity index (χ1v) is 8.20. The minimum absolute atomic E-state index is 0.114. The maximum atomic E-state index is 6.22. The number of nitrogens with one attached hydrogen (secondary N) is 1. The fourth-order valence-electron chi connectivity index (χ4n) is 3.21. The van der Waals surface area contributed by atoms with Crippen molar-refractivity contribution in [3.8, 4) is 0 Å². The van der Waals surface area contributed by atoms with E-state index in [1.807, 2.05) is 10.9 Å². The number of aromatic nitrogens is 2. The highest BCUT2D eigenvalue weighted by Gasteiger charge is 2.40. The first kappa shape index (κ1) is 16.5. The average Bonchev–Trinajstić information content (AvgIpc) is 2.96. The van der Waals surface area contributed by atoms with Gasteiger partial charge in [-0.25, -0.2) is 0 Å². The van der Waals surface area contributed by atoms with Crippen molar-refractivity contribution in [3.05, 3.63) is 18.0 Å². The zero-order valence-corrected chi connectivity index (χ0v) is 13.6. The third-order valence-electron chi connectivity index (χ3n) is 4.31. The Morgan fingerprint density at radius 3 is 2.71 bits per heavy atom. The maximum Gasteiger partial charge on any atom is 0.0881 e. The molecule has 0 radical (unpaired) electrons. The Labute approximate surface area is 128 Å². The minimum Gasteiger partial charge on any atom is -0.381 e. The van der Waals surface area contributed by atoms with Crippen LogP contribution in [0.4, 0.5) is 0 Å². The Kier molecular flexibility index (Phi) is 6.21. The van der Waals surface area contributed by atoms with Crippen LogP contribution in [-0.2, 0) is 22.4 Å². The van der Waals surface area contributed by atoms with Crippen LogP contribution >= 0.6 is 0 Å². The lowest BCUT2D eigenvalue weighted by atomic mass is 9.83. The molecule has 0 bridgehead atoms. The van der Waals surface area contributed by atoms with Gasteiger partial charge in [0.15, 0.2) is 0 Å². The van der Waals surface area contributed by atoms with Crippen LogP contribution in [0.2, 0.25) is 0 Å². The fourth-order valence-corrected chi connectivity index (χ4v) is 3.21. The lowest BCUT2D eigenvalue weighted by Crippen LogP contribution is -2.56. The van der Waals surface area contributed by atoms with Crippen molar-refractivity contribution in [2.45, 2.75) is 58.2 Å². The van der Waals surface area contributed by atoms with Crippen molar-refractivity contribution in [2.24, 2.45) is 0 Å². The molecule has 1 unspecified atom stereocenters. The highest BCUT2D eigenvalue weighted by Crippen LogP contribution is 2.31. The van der Waals surface area contributed by atoms with Crippen molar-refractivity contribution in [2.75, 3.05) is 26.4 Å². The van der Waals surface area contributed by atoms with Crippen LogP contribution in [0.1, 0.15) is 39.2 Å². The molecule has 2 rings (SSSR count). The van der Waals surface area contributed by atoms with Crippen LogP contribution in [0.3, 0.4) is 0 Å². The minimum atomic E-state index is -0.114. The van der Waals surface area contributed by atoms with Crippen LogP contribution in [0.5, 0.6) is 0 Å². The van der Waals surface area contributed by atoms with Gasteiger partial charge < -0.3 is 14.8 Å². The second-order valence-corrected chi connectivity index (χ2v) is 5.63. The van der Waals surface area contributed by atoms with Gasteiger partial charge in [0.1, 0.15) is 0 Å².